The zero-order chi connectivity index (χ0) is 9.42. The number of furan rings is 1. The predicted molar refractivity (Wildman–Crippen MR) is 47.4 cm³/mol. The molecule has 0 unspecified atom stereocenters. The van der Waals surface area contributed by atoms with E-state index in [1.165, 1.54) is 0 Å². The van der Waals surface area contributed by atoms with Crippen molar-refractivity contribution in [2.24, 2.45) is 5.73 Å². The first-order valence-corrected chi connectivity index (χ1v) is 3.86. The summed E-state index contributed by atoms with van der Waals surface area (Å²) in [5.41, 5.74) is 6.75. The maximum absolute atomic E-state index is 9.33. The van der Waals surface area contributed by atoms with Gasteiger partial charge in [0, 0.05) is 6.54 Å². The van der Waals surface area contributed by atoms with E-state index in [1.807, 2.05) is 0 Å². The van der Waals surface area contributed by atoms with Gasteiger partial charge in [-0.05, 0) is 17.7 Å². The summed E-state index contributed by atoms with van der Waals surface area (Å²) in [6, 6.07) is 5.13. The van der Waals surface area contributed by atoms with Crippen molar-refractivity contribution < 1.29 is 14.6 Å². The Hall–Kier alpha value is -1.68. The molecule has 13 heavy (non-hydrogen) atoms. The monoisotopic (exact) mass is 179 g/mol. The molecule has 0 bridgehead atoms. The highest BCUT2D eigenvalue weighted by Gasteiger charge is 2.11. The molecule has 68 valence electrons. The topological polar surface area (TPSA) is 79.6 Å². The molecule has 0 amide bonds. The number of hydrogen-bond acceptors (Lipinski definition) is 4. The van der Waals surface area contributed by atoms with E-state index in [-0.39, 0.29) is 5.75 Å². The zero-order valence-corrected chi connectivity index (χ0v) is 6.82. The molecule has 1 heterocycles. The van der Waals surface area contributed by atoms with Crippen LogP contribution in [0.1, 0.15) is 5.56 Å². The molecule has 0 spiro atoms. The van der Waals surface area contributed by atoms with Crippen molar-refractivity contribution in [3.63, 3.8) is 0 Å². The molecular weight excluding hydrogens is 170 g/mol. The summed E-state index contributed by atoms with van der Waals surface area (Å²) < 4.78 is 4.86. The number of hydrogen-bond donors (Lipinski definition) is 3. The van der Waals surface area contributed by atoms with Crippen LogP contribution in [0.25, 0.3) is 11.0 Å². The summed E-state index contributed by atoms with van der Waals surface area (Å²) in [5, 5.41) is 18.9. The second-order valence-corrected chi connectivity index (χ2v) is 2.79. The lowest BCUT2D eigenvalue weighted by atomic mass is 10.1. The maximum Gasteiger partial charge on any atom is 0.327 e. The van der Waals surface area contributed by atoms with Crippen LogP contribution in [-0.4, -0.2) is 10.2 Å². The third kappa shape index (κ3) is 1.11. The van der Waals surface area contributed by atoms with Gasteiger partial charge in [0.15, 0.2) is 0 Å². The third-order valence-electron chi connectivity index (χ3n) is 1.94. The van der Waals surface area contributed by atoms with Crippen molar-refractivity contribution in [2.75, 3.05) is 0 Å². The molecule has 0 atom stereocenters. The molecule has 4 N–H and O–H groups in total. The average Bonchev–Trinajstić information content (AvgIpc) is 2.43. The van der Waals surface area contributed by atoms with Gasteiger partial charge in [-0.2, -0.15) is 0 Å². The van der Waals surface area contributed by atoms with Crippen molar-refractivity contribution in [1.29, 1.82) is 0 Å². The van der Waals surface area contributed by atoms with Crippen molar-refractivity contribution >= 4 is 11.0 Å². The van der Waals surface area contributed by atoms with Crippen molar-refractivity contribution in [3.05, 3.63) is 23.8 Å². The van der Waals surface area contributed by atoms with Crippen LogP contribution in [0.4, 0.5) is 0 Å². The van der Waals surface area contributed by atoms with Crippen LogP contribution in [0, 0.1) is 0 Å². The Morgan fingerprint density at radius 2 is 2.08 bits per heavy atom. The van der Waals surface area contributed by atoms with E-state index in [2.05, 4.69) is 0 Å². The first-order chi connectivity index (χ1) is 6.22. The van der Waals surface area contributed by atoms with Gasteiger partial charge in [0.25, 0.3) is 0 Å². The van der Waals surface area contributed by atoms with Crippen LogP contribution in [0.5, 0.6) is 11.7 Å². The van der Waals surface area contributed by atoms with E-state index in [0.717, 1.165) is 5.56 Å². The maximum atomic E-state index is 9.33. The fourth-order valence-electron chi connectivity index (χ4n) is 1.25. The van der Waals surface area contributed by atoms with Crippen molar-refractivity contribution in [3.8, 4) is 11.7 Å². The number of benzene rings is 1. The number of fused-ring (bicyclic) bond motifs is 1. The molecule has 4 heteroatoms. The minimum absolute atomic E-state index is 0.231. The lowest BCUT2D eigenvalue weighted by Crippen LogP contribution is -1.94. The van der Waals surface area contributed by atoms with Crippen molar-refractivity contribution in [2.45, 2.75) is 6.54 Å². The Labute approximate surface area is 74.2 Å². The van der Waals surface area contributed by atoms with Gasteiger partial charge in [0.1, 0.15) is 5.58 Å². The highest BCUT2D eigenvalue weighted by Crippen LogP contribution is 2.37. The van der Waals surface area contributed by atoms with E-state index < -0.39 is 5.95 Å². The molecular formula is C9H9NO3. The van der Waals surface area contributed by atoms with E-state index in [0.29, 0.717) is 17.5 Å². The highest BCUT2D eigenvalue weighted by atomic mass is 16.5. The Balaban J connectivity index is 2.75. The van der Waals surface area contributed by atoms with Gasteiger partial charge in [-0.1, -0.05) is 6.07 Å². The van der Waals surface area contributed by atoms with Gasteiger partial charge >= 0.3 is 5.95 Å². The summed E-state index contributed by atoms with van der Waals surface area (Å²) in [6.07, 6.45) is 0. The SMILES string of the molecule is NCc1ccc2oc(O)c(O)c2c1. The van der Waals surface area contributed by atoms with E-state index in [4.69, 9.17) is 15.3 Å². The highest BCUT2D eigenvalue weighted by molar-refractivity contribution is 5.86. The summed E-state index contributed by atoms with van der Waals surface area (Å²) >= 11 is 0. The summed E-state index contributed by atoms with van der Waals surface area (Å²) in [4.78, 5) is 0. The number of aromatic hydroxyl groups is 2. The first-order valence-electron chi connectivity index (χ1n) is 3.86. The molecule has 0 aliphatic heterocycles. The molecule has 2 rings (SSSR count). The van der Waals surface area contributed by atoms with Crippen LogP contribution in [0.2, 0.25) is 0 Å². The molecule has 1 aromatic heterocycles. The Morgan fingerprint density at radius 1 is 1.31 bits per heavy atom. The average molecular weight is 179 g/mol. The van der Waals surface area contributed by atoms with E-state index in [9.17, 15) is 5.11 Å². The molecule has 0 fully saturated rings. The molecule has 1 aromatic carbocycles. The van der Waals surface area contributed by atoms with Crippen molar-refractivity contribution in [1.82, 2.24) is 0 Å². The Morgan fingerprint density at radius 3 is 2.77 bits per heavy atom. The van der Waals surface area contributed by atoms with Crippen LogP contribution in [0.3, 0.4) is 0 Å². The Bertz CT molecular complexity index is 447. The zero-order valence-electron chi connectivity index (χ0n) is 6.82. The first kappa shape index (κ1) is 7.94. The van der Waals surface area contributed by atoms with Crippen LogP contribution in [0.15, 0.2) is 22.6 Å². The van der Waals surface area contributed by atoms with Crippen LogP contribution >= 0.6 is 0 Å². The quantitative estimate of drug-likeness (QED) is 0.616. The van der Waals surface area contributed by atoms with Gasteiger partial charge in [0.2, 0.25) is 5.75 Å². The summed E-state index contributed by atoms with van der Waals surface area (Å²) in [5.74, 6) is -0.686. The fourth-order valence-corrected chi connectivity index (χ4v) is 1.25. The lowest BCUT2D eigenvalue weighted by Gasteiger charge is -1.94. The predicted octanol–water partition coefficient (Wildman–Crippen LogP) is 1.30. The molecule has 0 saturated carbocycles. The smallest absolute Gasteiger partial charge is 0.327 e. The number of rotatable bonds is 1. The molecule has 0 saturated heterocycles. The summed E-state index contributed by atoms with van der Waals surface area (Å²) in [6.45, 7) is 0.390. The normalized spacial score (nSPS) is 10.8. The van der Waals surface area contributed by atoms with Crippen LogP contribution in [-0.2, 0) is 6.54 Å². The minimum Gasteiger partial charge on any atom is -0.501 e. The van der Waals surface area contributed by atoms with E-state index in [1.54, 1.807) is 18.2 Å². The second-order valence-electron chi connectivity index (χ2n) is 2.79. The lowest BCUT2D eigenvalue weighted by molar-refractivity contribution is 0.316. The number of nitrogens with two attached hydrogens (primary N) is 1. The standard InChI is InChI=1S/C9H9NO3/c10-4-5-1-2-7-6(3-5)8(11)9(12)13-7/h1-3,11-12H,4,10H2. The molecule has 0 aliphatic rings. The summed E-state index contributed by atoms with van der Waals surface area (Å²) in [7, 11) is 0. The Kier molecular flexibility index (Phi) is 1.63. The van der Waals surface area contributed by atoms with E-state index >= 15 is 0 Å². The van der Waals surface area contributed by atoms with Crippen LogP contribution < -0.4 is 5.73 Å². The van der Waals surface area contributed by atoms with Gasteiger partial charge in [-0.3, -0.25) is 0 Å². The molecule has 4 nitrogen and oxygen atoms in total. The molecule has 2 aromatic rings. The third-order valence-corrected chi connectivity index (χ3v) is 1.94. The largest absolute Gasteiger partial charge is 0.501 e. The minimum atomic E-state index is -0.454. The fraction of sp³-hybridized carbons (Fsp3) is 0.111. The van der Waals surface area contributed by atoms with Gasteiger partial charge in [-0.15, -0.1) is 0 Å². The van der Waals surface area contributed by atoms with Gasteiger partial charge < -0.3 is 20.4 Å². The molecule has 0 aliphatic carbocycles. The molecule has 0 radical (unpaired) electrons. The second kappa shape index (κ2) is 2.67. The van der Waals surface area contributed by atoms with Gasteiger partial charge in [0.05, 0.1) is 5.39 Å². The van der Waals surface area contributed by atoms with Gasteiger partial charge in [-0.25, -0.2) is 0 Å².